The van der Waals surface area contributed by atoms with Crippen LogP contribution in [-0.4, -0.2) is 9.55 Å². The van der Waals surface area contributed by atoms with Crippen molar-refractivity contribution in [2.24, 2.45) is 11.3 Å². The number of hydrogen-bond donors (Lipinski definition) is 1. The van der Waals surface area contributed by atoms with Crippen molar-refractivity contribution in [1.82, 2.24) is 9.55 Å². The summed E-state index contributed by atoms with van der Waals surface area (Å²) in [5.74, 6) is 0.652. The molecule has 0 unspecified atom stereocenters. The molecule has 14 heavy (non-hydrogen) atoms. The van der Waals surface area contributed by atoms with E-state index in [-0.39, 0.29) is 5.41 Å². The predicted molar refractivity (Wildman–Crippen MR) is 63.0 cm³/mol. The van der Waals surface area contributed by atoms with Crippen molar-refractivity contribution in [3.8, 4) is 0 Å². The summed E-state index contributed by atoms with van der Waals surface area (Å²) in [6, 6.07) is 0. The van der Waals surface area contributed by atoms with E-state index in [0.29, 0.717) is 5.92 Å². The van der Waals surface area contributed by atoms with Crippen molar-refractivity contribution in [2.75, 3.05) is 0 Å². The third kappa shape index (κ3) is 2.27. The molecular formula is C11H20N2S. The second kappa shape index (κ2) is 3.89. The molecular weight excluding hydrogens is 192 g/mol. The smallest absolute Gasteiger partial charge is 0.177 e. The number of rotatable bonds is 3. The maximum atomic E-state index is 5.23. The molecule has 0 saturated carbocycles. The SMILES string of the molecule is Cc1c[nH]c(=S)n1CC(C)(C)C(C)C. The number of nitrogens with zero attached hydrogens (tertiary/aromatic N) is 1. The first-order valence-corrected chi connectivity index (χ1v) is 5.50. The van der Waals surface area contributed by atoms with Gasteiger partial charge >= 0.3 is 0 Å². The second-order valence-corrected chi connectivity index (χ2v) is 5.35. The fourth-order valence-electron chi connectivity index (χ4n) is 1.27. The van der Waals surface area contributed by atoms with E-state index in [9.17, 15) is 0 Å². The van der Waals surface area contributed by atoms with Crippen molar-refractivity contribution in [2.45, 2.75) is 41.2 Å². The number of aryl methyl sites for hydroxylation is 1. The maximum Gasteiger partial charge on any atom is 0.177 e. The van der Waals surface area contributed by atoms with Crippen LogP contribution in [0.4, 0.5) is 0 Å². The summed E-state index contributed by atoms with van der Waals surface area (Å²) in [5.41, 5.74) is 1.49. The lowest BCUT2D eigenvalue weighted by Crippen LogP contribution is -2.26. The first-order valence-electron chi connectivity index (χ1n) is 5.09. The van der Waals surface area contributed by atoms with Gasteiger partial charge in [0.1, 0.15) is 0 Å². The summed E-state index contributed by atoms with van der Waals surface area (Å²) in [6.07, 6.45) is 1.97. The predicted octanol–water partition coefficient (Wildman–Crippen LogP) is 3.54. The molecule has 0 aliphatic heterocycles. The largest absolute Gasteiger partial charge is 0.337 e. The number of imidazole rings is 1. The molecule has 0 saturated heterocycles. The van der Waals surface area contributed by atoms with E-state index in [4.69, 9.17) is 12.2 Å². The van der Waals surface area contributed by atoms with E-state index in [1.165, 1.54) is 5.69 Å². The zero-order chi connectivity index (χ0) is 10.9. The Morgan fingerprint density at radius 3 is 2.43 bits per heavy atom. The van der Waals surface area contributed by atoms with Crippen molar-refractivity contribution in [3.05, 3.63) is 16.7 Å². The normalized spacial score (nSPS) is 12.4. The monoisotopic (exact) mass is 212 g/mol. The van der Waals surface area contributed by atoms with Gasteiger partial charge in [-0.05, 0) is 30.5 Å². The number of aromatic nitrogens is 2. The van der Waals surface area contributed by atoms with Gasteiger partial charge in [0.2, 0.25) is 0 Å². The van der Waals surface area contributed by atoms with Gasteiger partial charge < -0.3 is 9.55 Å². The fraction of sp³-hybridized carbons (Fsp3) is 0.727. The molecule has 0 aromatic carbocycles. The molecule has 1 aromatic rings. The highest BCUT2D eigenvalue weighted by Gasteiger charge is 2.23. The summed E-state index contributed by atoms with van der Waals surface area (Å²) in [7, 11) is 0. The molecule has 1 aromatic heterocycles. The maximum absolute atomic E-state index is 5.23. The molecule has 0 spiro atoms. The third-order valence-electron chi connectivity index (χ3n) is 3.20. The van der Waals surface area contributed by atoms with Crippen molar-refractivity contribution >= 4 is 12.2 Å². The van der Waals surface area contributed by atoms with Crippen molar-refractivity contribution < 1.29 is 0 Å². The highest BCUT2D eigenvalue weighted by atomic mass is 32.1. The Labute approximate surface area is 91.3 Å². The molecule has 0 amide bonds. The molecule has 0 fully saturated rings. The summed E-state index contributed by atoms with van der Waals surface area (Å²) < 4.78 is 3.01. The van der Waals surface area contributed by atoms with Gasteiger partial charge in [-0.15, -0.1) is 0 Å². The van der Waals surface area contributed by atoms with Crippen molar-refractivity contribution in [1.29, 1.82) is 0 Å². The fourth-order valence-corrected chi connectivity index (χ4v) is 1.54. The van der Waals surface area contributed by atoms with Crippen LogP contribution in [0.25, 0.3) is 0 Å². The number of aromatic amines is 1. The van der Waals surface area contributed by atoms with Gasteiger partial charge in [-0.3, -0.25) is 0 Å². The molecule has 1 rings (SSSR count). The Hall–Kier alpha value is -0.570. The quantitative estimate of drug-likeness (QED) is 0.760. The van der Waals surface area contributed by atoms with Gasteiger partial charge in [-0.25, -0.2) is 0 Å². The first kappa shape index (κ1) is 11.5. The molecule has 2 nitrogen and oxygen atoms in total. The molecule has 1 N–H and O–H groups in total. The van der Waals surface area contributed by atoms with Gasteiger partial charge in [0.25, 0.3) is 0 Å². The highest BCUT2D eigenvalue weighted by Crippen LogP contribution is 2.28. The molecule has 0 aliphatic rings. The number of H-pyrrole nitrogens is 1. The molecule has 80 valence electrons. The molecule has 3 heteroatoms. The minimum atomic E-state index is 0.283. The number of hydrogen-bond acceptors (Lipinski definition) is 1. The average molecular weight is 212 g/mol. The number of nitrogens with one attached hydrogen (secondary N) is 1. The van der Waals surface area contributed by atoms with Crippen LogP contribution in [0, 0.1) is 23.0 Å². The van der Waals surface area contributed by atoms with Gasteiger partial charge in [-0.2, -0.15) is 0 Å². The lowest BCUT2D eigenvalue weighted by molar-refractivity contribution is 0.207. The zero-order valence-electron chi connectivity index (χ0n) is 9.72. The van der Waals surface area contributed by atoms with Crippen LogP contribution in [0.1, 0.15) is 33.4 Å². The van der Waals surface area contributed by atoms with Gasteiger partial charge in [0, 0.05) is 18.4 Å². The van der Waals surface area contributed by atoms with Crippen LogP contribution in [0.5, 0.6) is 0 Å². The average Bonchev–Trinajstić information content (AvgIpc) is 2.35. The summed E-state index contributed by atoms with van der Waals surface area (Å²) in [6.45, 7) is 12.1. The Bertz CT molecular complexity index is 358. The summed E-state index contributed by atoms with van der Waals surface area (Å²) >= 11 is 5.23. The Kier molecular flexibility index (Phi) is 3.20. The Morgan fingerprint density at radius 2 is 2.07 bits per heavy atom. The molecule has 0 atom stereocenters. The molecule has 0 radical (unpaired) electrons. The van der Waals surface area contributed by atoms with Crippen LogP contribution in [0.15, 0.2) is 6.20 Å². The van der Waals surface area contributed by atoms with Gasteiger partial charge in [0.05, 0.1) is 0 Å². The zero-order valence-corrected chi connectivity index (χ0v) is 10.5. The Balaban J connectivity index is 2.94. The van der Waals surface area contributed by atoms with E-state index >= 15 is 0 Å². The summed E-state index contributed by atoms with van der Waals surface area (Å²) in [4.78, 5) is 3.08. The molecule has 0 aliphatic carbocycles. The van der Waals surface area contributed by atoms with Crippen LogP contribution >= 0.6 is 12.2 Å². The lowest BCUT2D eigenvalue weighted by atomic mass is 9.81. The topological polar surface area (TPSA) is 20.7 Å². The van der Waals surface area contributed by atoms with E-state index in [0.717, 1.165) is 11.3 Å². The highest BCUT2D eigenvalue weighted by molar-refractivity contribution is 7.71. The third-order valence-corrected chi connectivity index (χ3v) is 3.54. The Morgan fingerprint density at radius 1 is 1.50 bits per heavy atom. The lowest BCUT2D eigenvalue weighted by Gasteiger charge is -2.30. The summed E-state index contributed by atoms with van der Waals surface area (Å²) in [5, 5.41) is 0. The first-order chi connectivity index (χ1) is 6.34. The van der Waals surface area contributed by atoms with Crippen LogP contribution in [0.2, 0.25) is 0 Å². The van der Waals surface area contributed by atoms with Crippen molar-refractivity contribution in [3.63, 3.8) is 0 Å². The molecule has 1 heterocycles. The van der Waals surface area contributed by atoms with E-state index in [1.54, 1.807) is 0 Å². The van der Waals surface area contributed by atoms with E-state index in [2.05, 4.69) is 44.2 Å². The van der Waals surface area contributed by atoms with Crippen LogP contribution in [0.3, 0.4) is 0 Å². The van der Waals surface area contributed by atoms with Crippen LogP contribution in [-0.2, 0) is 6.54 Å². The van der Waals surface area contributed by atoms with E-state index < -0.39 is 0 Å². The minimum Gasteiger partial charge on any atom is -0.337 e. The van der Waals surface area contributed by atoms with Gasteiger partial charge in [0.15, 0.2) is 4.77 Å². The van der Waals surface area contributed by atoms with E-state index in [1.807, 2.05) is 6.20 Å². The van der Waals surface area contributed by atoms with Gasteiger partial charge in [-0.1, -0.05) is 27.7 Å². The standard InChI is InChI=1S/C11H20N2S/c1-8(2)11(4,5)7-13-9(3)6-12-10(13)14/h6,8H,7H2,1-5H3,(H,12,14). The minimum absolute atomic E-state index is 0.283. The van der Waals surface area contributed by atoms with Crippen LogP contribution < -0.4 is 0 Å². The second-order valence-electron chi connectivity index (χ2n) is 4.96. The molecule has 0 bridgehead atoms.